The van der Waals surface area contributed by atoms with E-state index in [2.05, 4.69) is 28.9 Å². The van der Waals surface area contributed by atoms with Gasteiger partial charge in [0.1, 0.15) is 0 Å². The van der Waals surface area contributed by atoms with E-state index in [0.29, 0.717) is 18.5 Å². The predicted octanol–water partition coefficient (Wildman–Crippen LogP) is 6.50. The van der Waals surface area contributed by atoms with Crippen LogP contribution in [0.3, 0.4) is 0 Å². The van der Waals surface area contributed by atoms with Crippen LogP contribution in [0, 0.1) is 5.92 Å². The molecule has 0 bridgehead atoms. The molecule has 2 atom stereocenters. The minimum Gasteiger partial charge on any atom is -0.371 e. The lowest BCUT2D eigenvalue weighted by atomic mass is 9.83. The van der Waals surface area contributed by atoms with Crippen molar-refractivity contribution in [3.8, 4) is 0 Å². The van der Waals surface area contributed by atoms with E-state index in [4.69, 9.17) is 11.6 Å². The fourth-order valence-corrected chi connectivity index (χ4v) is 5.69. The Bertz CT molecular complexity index is 1170. The van der Waals surface area contributed by atoms with Crippen LogP contribution >= 0.6 is 11.6 Å². The number of amides is 2. The summed E-state index contributed by atoms with van der Waals surface area (Å²) in [6.07, 6.45) is 9.17. The number of nitrogens with zero attached hydrogens (tertiary/aromatic N) is 2. The zero-order chi connectivity index (χ0) is 26.2. The Kier molecular flexibility index (Phi) is 9.24. The van der Waals surface area contributed by atoms with E-state index in [1.807, 2.05) is 60.4 Å². The van der Waals surface area contributed by atoms with Crippen molar-refractivity contribution in [1.29, 1.82) is 0 Å². The molecule has 37 heavy (non-hydrogen) atoms. The average Bonchev–Trinajstić information content (AvgIpc) is 3.48. The largest absolute Gasteiger partial charge is 0.371 e. The molecule has 2 amide bonds. The number of hydrogen-bond acceptors (Lipinski definition) is 3. The molecule has 1 N–H and O–H groups in total. The van der Waals surface area contributed by atoms with Gasteiger partial charge in [0.25, 0.3) is 5.91 Å². The lowest BCUT2D eigenvalue weighted by Gasteiger charge is -2.41. The van der Waals surface area contributed by atoms with E-state index >= 15 is 0 Å². The highest BCUT2D eigenvalue weighted by Gasteiger charge is 2.40. The Morgan fingerprint density at radius 1 is 1.05 bits per heavy atom. The Morgan fingerprint density at radius 3 is 2.51 bits per heavy atom. The van der Waals surface area contributed by atoms with Gasteiger partial charge in [-0.25, -0.2) is 0 Å². The molecule has 2 heterocycles. The summed E-state index contributed by atoms with van der Waals surface area (Å²) in [6, 6.07) is 17.6. The molecule has 4 rings (SSSR count). The van der Waals surface area contributed by atoms with Crippen molar-refractivity contribution < 1.29 is 9.59 Å². The fourth-order valence-electron chi connectivity index (χ4n) is 5.37. The van der Waals surface area contributed by atoms with Crippen LogP contribution in [-0.4, -0.2) is 42.2 Å². The standard InChI is InChI=1S/C31H36ClN3O2/c1-3-4-12-23(2)28(22-32)31(37)35-20-11-17-27(29(35)24-13-6-5-7-14-24)30(36)33-25-15-10-16-26(21-25)34-18-8-9-19-34/h3-7,10,12-16,21,27,29H,1,8-9,11,17-20,22H2,2H3,(H,33,36)/b12-4-,28-23+/t27-,29-/m0/s1. The van der Waals surface area contributed by atoms with Gasteiger partial charge in [0.2, 0.25) is 5.91 Å². The summed E-state index contributed by atoms with van der Waals surface area (Å²) in [5.41, 5.74) is 4.22. The minimum absolute atomic E-state index is 0.0652. The molecule has 2 aromatic rings. The monoisotopic (exact) mass is 517 g/mol. The Balaban J connectivity index is 1.63. The van der Waals surface area contributed by atoms with E-state index in [1.54, 1.807) is 12.2 Å². The Hall–Kier alpha value is -3.31. The van der Waals surface area contributed by atoms with Crippen molar-refractivity contribution in [2.45, 2.75) is 38.6 Å². The minimum atomic E-state index is -0.379. The van der Waals surface area contributed by atoms with E-state index in [0.717, 1.165) is 42.0 Å². The second-order valence-electron chi connectivity index (χ2n) is 9.73. The quantitative estimate of drug-likeness (QED) is 0.247. The summed E-state index contributed by atoms with van der Waals surface area (Å²) in [6.45, 7) is 8.26. The smallest absolute Gasteiger partial charge is 0.251 e. The van der Waals surface area contributed by atoms with Gasteiger partial charge < -0.3 is 15.1 Å². The van der Waals surface area contributed by atoms with Gasteiger partial charge in [-0.15, -0.1) is 11.6 Å². The Labute approximate surface area is 225 Å². The number of rotatable bonds is 8. The molecule has 194 valence electrons. The molecular formula is C31H36ClN3O2. The molecule has 0 aliphatic carbocycles. The van der Waals surface area contributed by atoms with Crippen molar-refractivity contribution in [2.24, 2.45) is 5.92 Å². The molecule has 2 aliphatic heterocycles. The molecule has 6 heteroatoms. The Morgan fingerprint density at radius 2 is 1.81 bits per heavy atom. The molecule has 2 aliphatic rings. The van der Waals surface area contributed by atoms with Gasteiger partial charge in [0.15, 0.2) is 0 Å². The van der Waals surface area contributed by atoms with E-state index < -0.39 is 0 Å². The summed E-state index contributed by atoms with van der Waals surface area (Å²) in [4.78, 5) is 31.8. The number of allylic oxidation sites excluding steroid dienone is 4. The highest BCUT2D eigenvalue weighted by atomic mass is 35.5. The molecule has 5 nitrogen and oxygen atoms in total. The molecular weight excluding hydrogens is 482 g/mol. The highest BCUT2D eigenvalue weighted by Crippen LogP contribution is 2.38. The zero-order valence-electron chi connectivity index (χ0n) is 21.5. The first kappa shape index (κ1) is 26.7. The van der Waals surface area contributed by atoms with E-state index in [9.17, 15) is 9.59 Å². The zero-order valence-corrected chi connectivity index (χ0v) is 22.3. The number of alkyl halides is 1. The molecule has 0 unspecified atom stereocenters. The van der Waals surface area contributed by atoms with Crippen LogP contribution in [0.15, 0.2) is 90.6 Å². The van der Waals surface area contributed by atoms with Crippen LogP contribution in [-0.2, 0) is 9.59 Å². The number of likely N-dealkylation sites (tertiary alicyclic amines) is 1. The maximum atomic E-state index is 13.8. The fraction of sp³-hybridized carbons (Fsp3) is 0.355. The van der Waals surface area contributed by atoms with Gasteiger partial charge in [0, 0.05) is 36.6 Å². The molecule has 2 aromatic carbocycles. The van der Waals surface area contributed by atoms with Gasteiger partial charge >= 0.3 is 0 Å². The van der Waals surface area contributed by atoms with Crippen LogP contribution in [0.1, 0.15) is 44.2 Å². The number of hydrogen-bond donors (Lipinski definition) is 1. The summed E-state index contributed by atoms with van der Waals surface area (Å²) in [5, 5.41) is 3.16. The lowest BCUT2D eigenvalue weighted by Crippen LogP contribution is -2.47. The third-order valence-corrected chi connectivity index (χ3v) is 7.57. The first-order valence-electron chi connectivity index (χ1n) is 13.1. The number of piperidine rings is 1. The first-order chi connectivity index (χ1) is 18.0. The maximum Gasteiger partial charge on any atom is 0.251 e. The predicted molar refractivity (Wildman–Crippen MR) is 153 cm³/mol. The van der Waals surface area contributed by atoms with Crippen LogP contribution in [0.25, 0.3) is 0 Å². The van der Waals surface area contributed by atoms with Gasteiger partial charge in [-0.1, -0.05) is 61.2 Å². The van der Waals surface area contributed by atoms with Crippen LogP contribution in [0.2, 0.25) is 0 Å². The number of carbonyl (C=O) groups excluding carboxylic acids is 2. The number of halogens is 1. The van der Waals surface area contributed by atoms with Crippen LogP contribution in [0.4, 0.5) is 11.4 Å². The molecule has 2 fully saturated rings. The summed E-state index contributed by atoms with van der Waals surface area (Å²) in [5.74, 6) is -0.464. The van der Waals surface area contributed by atoms with Crippen molar-refractivity contribution in [1.82, 2.24) is 4.90 Å². The molecule has 0 aromatic heterocycles. The van der Waals surface area contributed by atoms with Crippen molar-refractivity contribution in [2.75, 3.05) is 35.7 Å². The van der Waals surface area contributed by atoms with Gasteiger partial charge in [0.05, 0.1) is 17.8 Å². The van der Waals surface area contributed by atoms with Crippen molar-refractivity contribution in [3.63, 3.8) is 0 Å². The summed E-state index contributed by atoms with van der Waals surface area (Å²) in [7, 11) is 0. The second-order valence-corrected chi connectivity index (χ2v) is 9.99. The number of carbonyl (C=O) groups is 2. The van der Waals surface area contributed by atoms with Crippen molar-refractivity contribution in [3.05, 3.63) is 96.1 Å². The van der Waals surface area contributed by atoms with Gasteiger partial charge in [-0.3, -0.25) is 9.59 Å². The van der Waals surface area contributed by atoms with Crippen LogP contribution < -0.4 is 10.2 Å². The van der Waals surface area contributed by atoms with Gasteiger partial charge in [-0.2, -0.15) is 0 Å². The summed E-state index contributed by atoms with van der Waals surface area (Å²) < 4.78 is 0. The third kappa shape index (κ3) is 6.34. The third-order valence-electron chi connectivity index (χ3n) is 7.30. The molecule has 0 radical (unpaired) electrons. The van der Waals surface area contributed by atoms with Crippen LogP contribution in [0.5, 0.6) is 0 Å². The number of benzene rings is 2. The molecule has 0 spiro atoms. The van der Waals surface area contributed by atoms with Gasteiger partial charge in [-0.05, 0) is 61.9 Å². The maximum absolute atomic E-state index is 13.8. The normalized spacial score (nSPS) is 20.6. The van der Waals surface area contributed by atoms with E-state index in [-0.39, 0.29) is 29.7 Å². The van der Waals surface area contributed by atoms with Crippen molar-refractivity contribution >= 4 is 34.8 Å². The second kappa shape index (κ2) is 12.8. The topological polar surface area (TPSA) is 52.7 Å². The average molecular weight is 518 g/mol. The first-order valence-corrected chi connectivity index (χ1v) is 13.6. The highest BCUT2D eigenvalue weighted by molar-refractivity contribution is 6.23. The number of anilines is 2. The summed E-state index contributed by atoms with van der Waals surface area (Å²) >= 11 is 6.28. The van der Waals surface area contributed by atoms with E-state index in [1.165, 1.54) is 12.8 Å². The number of nitrogens with one attached hydrogen (secondary N) is 1. The lowest BCUT2D eigenvalue weighted by molar-refractivity contribution is -0.135. The SMILES string of the molecule is C=C/C=C\C(C)=C(/CCl)C(=O)N1CCC[C@H](C(=O)Nc2cccc(N3CCCC3)c2)[C@@H]1c1ccccc1. The molecule has 0 saturated carbocycles. The molecule has 2 saturated heterocycles.